The highest BCUT2D eigenvalue weighted by Gasteiger charge is 2.12. The van der Waals surface area contributed by atoms with E-state index in [1.165, 1.54) is 16.7 Å². The average Bonchev–Trinajstić information content (AvgIpc) is 2.80. The fraction of sp³-hybridized carbons (Fsp3) is 0.471. The van der Waals surface area contributed by atoms with Crippen LogP contribution in [0.4, 0.5) is 0 Å². The number of rotatable bonds is 5. The van der Waals surface area contributed by atoms with Crippen LogP contribution in [0, 0.1) is 6.92 Å². The monoisotopic (exact) mass is 271 g/mol. The summed E-state index contributed by atoms with van der Waals surface area (Å²) in [4.78, 5) is 0. The number of hydrogen-bond donors (Lipinski definition) is 1. The number of hydrogen-bond acceptors (Lipinski definition) is 2. The summed E-state index contributed by atoms with van der Waals surface area (Å²) in [6.45, 7) is 11.5. The van der Waals surface area contributed by atoms with Crippen molar-refractivity contribution in [3.63, 3.8) is 0 Å². The van der Waals surface area contributed by atoms with Crippen molar-refractivity contribution in [2.24, 2.45) is 0 Å². The van der Waals surface area contributed by atoms with Gasteiger partial charge in [-0.05, 0) is 29.0 Å². The highest BCUT2D eigenvalue weighted by Crippen LogP contribution is 2.22. The number of aromatic nitrogens is 2. The molecule has 108 valence electrons. The van der Waals surface area contributed by atoms with Crippen molar-refractivity contribution < 1.29 is 0 Å². The molecule has 0 radical (unpaired) electrons. The molecule has 1 N–H and O–H groups in total. The van der Waals surface area contributed by atoms with Crippen LogP contribution in [0.3, 0.4) is 0 Å². The molecule has 0 unspecified atom stereocenters. The quantitative estimate of drug-likeness (QED) is 0.846. The first-order chi connectivity index (χ1) is 9.45. The van der Waals surface area contributed by atoms with Gasteiger partial charge in [0.1, 0.15) is 0 Å². The Kier molecular flexibility index (Phi) is 4.61. The third-order valence-corrected chi connectivity index (χ3v) is 3.43. The van der Waals surface area contributed by atoms with E-state index in [1.807, 2.05) is 10.9 Å². The number of aryl methyl sites for hydroxylation is 1. The van der Waals surface area contributed by atoms with Crippen molar-refractivity contribution >= 4 is 0 Å². The molecular weight excluding hydrogens is 246 g/mol. The van der Waals surface area contributed by atoms with Gasteiger partial charge in [-0.1, -0.05) is 45.0 Å². The standard InChI is InChI=1S/C17H25N3/c1-14-11-19-20(13-14)10-9-18-12-15-5-7-16(8-6-15)17(2,3)4/h5-8,11,13,18H,9-10,12H2,1-4H3. The summed E-state index contributed by atoms with van der Waals surface area (Å²) in [7, 11) is 0. The first-order valence-corrected chi connectivity index (χ1v) is 7.24. The lowest BCUT2D eigenvalue weighted by atomic mass is 9.87. The molecule has 1 aromatic heterocycles. The average molecular weight is 271 g/mol. The predicted molar refractivity (Wildman–Crippen MR) is 83.8 cm³/mol. The summed E-state index contributed by atoms with van der Waals surface area (Å²) in [5.41, 5.74) is 4.15. The first-order valence-electron chi connectivity index (χ1n) is 7.24. The Morgan fingerprint density at radius 3 is 2.40 bits per heavy atom. The first kappa shape index (κ1) is 14.8. The van der Waals surface area contributed by atoms with E-state index in [0.29, 0.717) is 0 Å². The zero-order valence-corrected chi connectivity index (χ0v) is 13.0. The van der Waals surface area contributed by atoms with Gasteiger partial charge in [0.25, 0.3) is 0 Å². The molecule has 2 aromatic rings. The molecule has 20 heavy (non-hydrogen) atoms. The van der Waals surface area contributed by atoms with Gasteiger partial charge in [0, 0.05) is 19.3 Å². The van der Waals surface area contributed by atoms with Gasteiger partial charge < -0.3 is 5.32 Å². The van der Waals surface area contributed by atoms with Gasteiger partial charge in [-0.2, -0.15) is 5.10 Å². The van der Waals surface area contributed by atoms with Crippen LogP contribution in [0.25, 0.3) is 0 Å². The zero-order chi connectivity index (χ0) is 14.6. The smallest absolute Gasteiger partial charge is 0.0534 e. The maximum atomic E-state index is 4.28. The van der Waals surface area contributed by atoms with Crippen LogP contribution < -0.4 is 5.32 Å². The summed E-state index contributed by atoms with van der Waals surface area (Å²) in [5, 5.41) is 7.73. The van der Waals surface area contributed by atoms with E-state index in [4.69, 9.17) is 0 Å². The predicted octanol–water partition coefficient (Wildman–Crippen LogP) is 3.28. The van der Waals surface area contributed by atoms with Crippen LogP contribution >= 0.6 is 0 Å². The van der Waals surface area contributed by atoms with Gasteiger partial charge in [0.2, 0.25) is 0 Å². The van der Waals surface area contributed by atoms with Gasteiger partial charge in [-0.25, -0.2) is 0 Å². The van der Waals surface area contributed by atoms with Gasteiger partial charge in [0.15, 0.2) is 0 Å². The molecule has 0 aliphatic carbocycles. The molecule has 3 heteroatoms. The Hall–Kier alpha value is -1.61. The molecule has 0 aliphatic heterocycles. The molecule has 0 saturated heterocycles. The molecule has 0 saturated carbocycles. The van der Waals surface area contributed by atoms with E-state index in [9.17, 15) is 0 Å². The summed E-state index contributed by atoms with van der Waals surface area (Å²) in [6.07, 6.45) is 3.96. The molecular formula is C17H25N3. The Morgan fingerprint density at radius 2 is 1.85 bits per heavy atom. The molecule has 2 rings (SSSR count). The van der Waals surface area contributed by atoms with Crippen LogP contribution in [-0.4, -0.2) is 16.3 Å². The third kappa shape index (κ3) is 4.20. The summed E-state index contributed by atoms with van der Waals surface area (Å²) < 4.78 is 1.98. The second-order valence-electron chi connectivity index (χ2n) is 6.40. The van der Waals surface area contributed by atoms with E-state index in [2.05, 4.69) is 68.6 Å². The second-order valence-corrected chi connectivity index (χ2v) is 6.40. The van der Waals surface area contributed by atoms with Crippen molar-refractivity contribution in [3.8, 4) is 0 Å². The lowest BCUT2D eigenvalue weighted by Gasteiger charge is -2.19. The Balaban J connectivity index is 1.77. The minimum absolute atomic E-state index is 0.226. The lowest BCUT2D eigenvalue weighted by molar-refractivity contribution is 0.554. The van der Waals surface area contributed by atoms with Crippen LogP contribution in [0.5, 0.6) is 0 Å². The molecule has 3 nitrogen and oxygen atoms in total. The van der Waals surface area contributed by atoms with Crippen molar-refractivity contribution in [3.05, 3.63) is 53.3 Å². The molecule has 0 spiro atoms. The Labute approximate surface area is 122 Å². The third-order valence-electron chi connectivity index (χ3n) is 3.43. The summed E-state index contributed by atoms with van der Waals surface area (Å²) in [6, 6.07) is 8.89. The van der Waals surface area contributed by atoms with Crippen LogP contribution in [0.1, 0.15) is 37.5 Å². The van der Waals surface area contributed by atoms with E-state index in [0.717, 1.165) is 19.6 Å². The normalized spacial score (nSPS) is 11.8. The SMILES string of the molecule is Cc1cnn(CCNCc2ccc(C(C)(C)C)cc2)c1. The molecule has 0 atom stereocenters. The van der Waals surface area contributed by atoms with E-state index in [-0.39, 0.29) is 5.41 Å². The minimum atomic E-state index is 0.226. The minimum Gasteiger partial charge on any atom is -0.311 e. The molecule has 0 fully saturated rings. The zero-order valence-electron chi connectivity index (χ0n) is 13.0. The van der Waals surface area contributed by atoms with Crippen molar-refractivity contribution in [1.29, 1.82) is 0 Å². The van der Waals surface area contributed by atoms with Gasteiger partial charge in [-0.15, -0.1) is 0 Å². The summed E-state index contributed by atoms with van der Waals surface area (Å²) in [5.74, 6) is 0. The van der Waals surface area contributed by atoms with Crippen LogP contribution in [0.15, 0.2) is 36.7 Å². The molecule has 0 amide bonds. The maximum absolute atomic E-state index is 4.28. The molecule has 0 bridgehead atoms. The molecule has 1 heterocycles. The van der Waals surface area contributed by atoms with Crippen molar-refractivity contribution in [2.45, 2.75) is 46.2 Å². The highest BCUT2D eigenvalue weighted by molar-refractivity contribution is 5.27. The Bertz CT molecular complexity index is 532. The largest absolute Gasteiger partial charge is 0.311 e. The van der Waals surface area contributed by atoms with E-state index >= 15 is 0 Å². The van der Waals surface area contributed by atoms with Gasteiger partial charge in [-0.3, -0.25) is 4.68 Å². The highest BCUT2D eigenvalue weighted by atomic mass is 15.3. The van der Waals surface area contributed by atoms with E-state index < -0.39 is 0 Å². The van der Waals surface area contributed by atoms with Gasteiger partial charge in [0.05, 0.1) is 12.7 Å². The fourth-order valence-corrected chi connectivity index (χ4v) is 2.14. The van der Waals surface area contributed by atoms with Gasteiger partial charge >= 0.3 is 0 Å². The van der Waals surface area contributed by atoms with Crippen molar-refractivity contribution in [1.82, 2.24) is 15.1 Å². The van der Waals surface area contributed by atoms with Crippen LogP contribution in [0.2, 0.25) is 0 Å². The fourth-order valence-electron chi connectivity index (χ4n) is 2.14. The Morgan fingerprint density at radius 1 is 1.15 bits per heavy atom. The van der Waals surface area contributed by atoms with Crippen molar-refractivity contribution in [2.75, 3.05) is 6.54 Å². The molecule has 0 aliphatic rings. The van der Waals surface area contributed by atoms with E-state index in [1.54, 1.807) is 0 Å². The van der Waals surface area contributed by atoms with Crippen LogP contribution in [-0.2, 0) is 18.5 Å². The number of benzene rings is 1. The number of nitrogens with zero attached hydrogens (tertiary/aromatic N) is 2. The summed E-state index contributed by atoms with van der Waals surface area (Å²) >= 11 is 0. The molecule has 1 aromatic carbocycles. The topological polar surface area (TPSA) is 29.9 Å². The lowest BCUT2D eigenvalue weighted by Crippen LogP contribution is -2.20. The maximum Gasteiger partial charge on any atom is 0.0534 e. The second kappa shape index (κ2) is 6.23. The number of nitrogens with one attached hydrogen (secondary N) is 1.